The molecule has 0 bridgehead atoms. The van der Waals surface area contributed by atoms with Crippen molar-refractivity contribution in [3.05, 3.63) is 54.1 Å². The Hall–Kier alpha value is -2.40. The lowest BCUT2D eigenvalue weighted by molar-refractivity contribution is 0.327. The SMILES string of the molecule is Nc1ccc2nc(-c3ccc(F)cc3)c(CN3CCCC3)n2c1. The summed E-state index contributed by atoms with van der Waals surface area (Å²) in [6.45, 7) is 3.05. The van der Waals surface area contributed by atoms with Crippen molar-refractivity contribution in [1.29, 1.82) is 0 Å². The highest BCUT2D eigenvalue weighted by molar-refractivity contribution is 5.67. The van der Waals surface area contributed by atoms with E-state index in [1.807, 2.05) is 18.3 Å². The first-order valence-corrected chi connectivity index (χ1v) is 7.95. The highest BCUT2D eigenvalue weighted by Crippen LogP contribution is 2.27. The fourth-order valence-corrected chi connectivity index (χ4v) is 3.25. The van der Waals surface area contributed by atoms with E-state index in [2.05, 4.69) is 9.30 Å². The number of halogens is 1. The number of rotatable bonds is 3. The molecule has 0 amide bonds. The lowest BCUT2D eigenvalue weighted by Crippen LogP contribution is -2.20. The number of nitrogen functional groups attached to an aromatic ring is 1. The number of pyridine rings is 1. The van der Waals surface area contributed by atoms with Crippen molar-refractivity contribution in [3.8, 4) is 11.3 Å². The molecular weight excluding hydrogens is 291 g/mol. The van der Waals surface area contributed by atoms with Crippen molar-refractivity contribution < 1.29 is 4.39 Å². The van der Waals surface area contributed by atoms with Gasteiger partial charge in [-0.1, -0.05) is 0 Å². The molecule has 1 aliphatic rings. The highest BCUT2D eigenvalue weighted by atomic mass is 19.1. The van der Waals surface area contributed by atoms with Gasteiger partial charge in [0.25, 0.3) is 0 Å². The van der Waals surface area contributed by atoms with E-state index in [0.717, 1.165) is 42.2 Å². The summed E-state index contributed by atoms with van der Waals surface area (Å²) in [5, 5.41) is 0. The summed E-state index contributed by atoms with van der Waals surface area (Å²) in [4.78, 5) is 7.18. The summed E-state index contributed by atoms with van der Waals surface area (Å²) in [5.74, 6) is -0.233. The van der Waals surface area contributed by atoms with Crippen LogP contribution in [0.1, 0.15) is 18.5 Å². The molecular formula is C18H19FN4. The van der Waals surface area contributed by atoms with Crippen molar-refractivity contribution in [2.24, 2.45) is 0 Å². The first-order valence-electron chi connectivity index (χ1n) is 7.95. The van der Waals surface area contributed by atoms with Gasteiger partial charge in [-0.3, -0.25) is 4.90 Å². The van der Waals surface area contributed by atoms with E-state index in [1.54, 1.807) is 12.1 Å². The van der Waals surface area contributed by atoms with E-state index in [0.29, 0.717) is 5.69 Å². The maximum Gasteiger partial charge on any atom is 0.137 e. The van der Waals surface area contributed by atoms with Crippen molar-refractivity contribution in [3.63, 3.8) is 0 Å². The number of benzene rings is 1. The van der Waals surface area contributed by atoms with Crippen LogP contribution in [-0.4, -0.2) is 27.4 Å². The fourth-order valence-electron chi connectivity index (χ4n) is 3.25. The van der Waals surface area contributed by atoms with Crippen LogP contribution < -0.4 is 5.73 Å². The van der Waals surface area contributed by atoms with Gasteiger partial charge in [0.05, 0.1) is 11.4 Å². The molecule has 2 aromatic heterocycles. The molecule has 4 nitrogen and oxygen atoms in total. The number of anilines is 1. The first kappa shape index (κ1) is 14.2. The Morgan fingerprint density at radius 1 is 1.04 bits per heavy atom. The molecule has 2 N–H and O–H groups in total. The number of fused-ring (bicyclic) bond motifs is 1. The smallest absolute Gasteiger partial charge is 0.137 e. The largest absolute Gasteiger partial charge is 0.398 e. The number of aromatic nitrogens is 2. The van der Waals surface area contributed by atoms with Gasteiger partial charge in [0.15, 0.2) is 0 Å². The summed E-state index contributed by atoms with van der Waals surface area (Å²) in [6, 6.07) is 10.3. The Bertz CT molecular complexity index is 832. The van der Waals surface area contributed by atoms with Crippen LogP contribution in [0, 0.1) is 5.82 Å². The van der Waals surface area contributed by atoms with Crippen LogP contribution in [0.2, 0.25) is 0 Å². The maximum absolute atomic E-state index is 13.2. The Morgan fingerprint density at radius 2 is 1.78 bits per heavy atom. The number of hydrogen-bond acceptors (Lipinski definition) is 3. The van der Waals surface area contributed by atoms with Gasteiger partial charge in [0.2, 0.25) is 0 Å². The quantitative estimate of drug-likeness (QED) is 0.807. The third-order valence-corrected chi connectivity index (χ3v) is 4.43. The summed E-state index contributed by atoms with van der Waals surface area (Å²) in [6.07, 6.45) is 4.40. The molecule has 118 valence electrons. The lowest BCUT2D eigenvalue weighted by Gasteiger charge is -2.15. The zero-order valence-corrected chi connectivity index (χ0v) is 12.9. The van der Waals surface area contributed by atoms with E-state index in [9.17, 15) is 4.39 Å². The molecule has 1 aromatic carbocycles. The van der Waals surface area contributed by atoms with Crippen LogP contribution in [0.3, 0.4) is 0 Å². The summed E-state index contributed by atoms with van der Waals surface area (Å²) >= 11 is 0. The summed E-state index contributed by atoms with van der Waals surface area (Å²) < 4.78 is 15.3. The molecule has 0 radical (unpaired) electrons. The van der Waals surface area contributed by atoms with E-state index in [1.165, 1.54) is 25.0 Å². The monoisotopic (exact) mass is 310 g/mol. The third-order valence-electron chi connectivity index (χ3n) is 4.43. The fraction of sp³-hybridized carbons (Fsp3) is 0.278. The van der Waals surface area contributed by atoms with Gasteiger partial charge < -0.3 is 10.1 Å². The van der Waals surface area contributed by atoms with Gasteiger partial charge in [-0.15, -0.1) is 0 Å². The molecule has 0 unspecified atom stereocenters. The third kappa shape index (κ3) is 2.68. The van der Waals surface area contributed by atoms with Crippen LogP contribution in [-0.2, 0) is 6.54 Å². The topological polar surface area (TPSA) is 46.6 Å². The summed E-state index contributed by atoms with van der Waals surface area (Å²) in [5.41, 5.74) is 10.5. The number of nitrogens with zero attached hydrogens (tertiary/aromatic N) is 3. The van der Waals surface area contributed by atoms with Crippen LogP contribution >= 0.6 is 0 Å². The van der Waals surface area contributed by atoms with Gasteiger partial charge in [-0.2, -0.15) is 0 Å². The zero-order valence-electron chi connectivity index (χ0n) is 12.9. The maximum atomic E-state index is 13.2. The van der Waals surface area contributed by atoms with Crippen molar-refractivity contribution in [2.45, 2.75) is 19.4 Å². The molecule has 5 heteroatoms. The van der Waals surface area contributed by atoms with Gasteiger partial charge >= 0.3 is 0 Å². The molecule has 1 fully saturated rings. The van der Waals surface area contributed by atoms with Crippen molar-refractivity contribution in [1.82, 2.24) is 14.3 Å². The van der Waals surface area contributed by atoms with E-state index in [4.69, 9.17) is 10.7 Å². The van der Waals surface area contributed by atoms with Gasteiger partial charge in [0, 0.05) is 24.0 Å². The van der Waals surface area contributed by atoms with E-state index < -0.39 is 0 Å². The van der Waals surface area contributed by atoms with E-state index >= 15 is 0 Å². The van der Waals surface area contributed by atoms with Crippen molar-refractivity contribution in [2.75, 3.05) is 18.8 Å². The second-order valence-corrected chi connectivity index (χ2v) is 6.09. The van der Waals surface area contributed by atoms with Crippen LogP contribution in [0.4, 0.5) is 10.1 Å². The molecule has 0 atom stereocenters. The number of nitrogens with two attached hydrogens (primary N) is 1. The normalized spacial score (nSPS) is 15.5. The standard InChI is InChI=1S/C18H19FN4/c19-14-5-3-13(4-6-14)18-16(12-22-9-1-2-10-22)23-11-15(20)7-8-17(23)21-18/h3-8,11H,1-2,9-10,12,20H2. The van der Waals surface area contributed by atoms with Crippen LogP contribution in [0.25, 0.3) is 16.9 Å². The predicted octanol–water partition coefficient (Wildman–Crippen LogP) is 3.32. The second-order valence-electron chi connectivity index (χ2n) is 6.09. The molecule has 1 saturated heterocycles. The predicted molar refractivity (Wildman–Crippen MR) is 89.5 cm³/mol. The minimum atomic E-state index is -0.233. The lowest BCUT2D eigenvalue weighted by atomic mass is 10.1. The number of hydrogen-bond donors (Lipinski definition) is 1. The Labute approximate surface area is 134 Å². The number of imidazole rings is 1. The molecule has 0 saturated carbocycles. The molecule has 3 heterocycles. The molecule has 1 aliphatic heterocycles. The van der Waals surface area contributed by atoms with E-state index in [-0.39, 0.29) is 5.82 Å². The minimum absolute atomic E-state index is 0.233. The van der Waals surface area contributed by atoms with Crippen LogP contribution in [0.15, 0.2) is 42.6 Å². The van der Waals surface area contributed by atoms with Gasteiger partial charge in [0.1, 0.15) is 11.5 Å². The van der Waals surface area contributed by atoms with Gasteiger partial charge in [-0.05, 0) is 62.3 Å². The Balaban J connectivity index is 1.85. The summed E-state index contributed by atoms with van der Waals surface area (Å²) in [7, 11) is 0. The van der Waals surface area contributed by atoms with Gasteiger partial charge in [-0.25, -0.2) is 9.37 Å². The molecule has 0 spiro atoms. The molecule has 23 heavy (non-hydrogen) atoms. The second kappa shape index (κ2) is 5.66. The van der Waals surface area contributed by atoms with Crippen molar-refractivity contribution >= 4 is 11.3 Å². The zero-order chi connectivity index (χ0) is 15.8. The highest BCUT2D eigenvalue weighted by Gasteiger charge is 2.19. The minimum Gasteiger partial charge on any atom is -0.398 e. The Kier molecular flexibility index (Phi) is 3.50. The average molecular weight is 310 g/mol. The Morgan fingerprint density at radius 3 is 2.52 bits per heavy atom. The molecule has 3 aromatic rings. The molecule has 0 aliphatic carbocycles. The van der Waals surface area contributed by atoms with Crippen LogP contribution in [0.5, 0.6) is 0 Å². The molecule has 4 rings (SSSR count). The average Bonchev–Trinajstić information content (AvgIpc) is 3.17. The first-order chi connectivity index (χ1) is 11.2. The number of likely N-dealkylation sites (tertiary alicyclic amines) is 1.